The van der Waals surface area contributed by atoms with Crippen molar-refractivity contribution in [2.24, 2.45) is 5.73 Å². The molecule has 2 aromatic carbocycles. The summed E-state index contributed by atoms with van der Waals surface area (Å²) in [5.41, 5.74) is 9.55. The molecule has 5 nitrogen and oxygen atoms in total. The Bertz CT molecular complexity index is 853. The summed E-state index contributed by atoms with van der Waals surface area (Å²) in [7, 11) is 0. The molecule has 0 aliphatic rings. The molecular weight excluding hydrogens is 314 g/mol. The van der Waals surface area contributed by atoms with Crippen LogP contribution < -0.4 is 15.8 Å². The molecule has 3 rings (SSSR count). The Balaban J connectivity index is 1.66. The van der Waals surface area contributed by atoms with Gasteiger partial charge in [0.25, 0.3) is 0 Å². The summed E-state index contributed by atoms with van der Waals surface area (Å²) < 4.78 is 5.43. The average molecular weight is 337 g/mol. The average Bonchev–Trinajstić information content (AvgIpc) is 3.04. The van der Waals surface area contributed by atoms with Crippen molar-refractivity contribution in [3.05, 3.63) is 59.8 Å². The zero-order chi connectivity index (χ0) is 17.6. The van der Waals surface area contributed by atoms with Crippen molar-refractivity contribution >= 4 is 22.5 Å². The van der Waals surface area contributed by atoms with Gasteiger partial charge >= 0.3 is 0 Å². The maximum absolute atomic E-state index is 12.4. The molecule has 0 aliphatic heterocycles. The third-order valence-corrected chi connectivity index (χ3v) is 4.14. The highest BCUT2D eigenvalue weighted by Crippen LogP contribution is 2.23. The lowest BCUT2D eigenvalue weighted by Gasteiger charge is -2.07. The second-order valence-corrected chi connectivity index (χ2v) is 5.89. The Morgan fingerprint density at radius 2 is 1.96 bits per heavy atom. The van der Waals surface area contributed by atoms with Crippen molar-refractivity contribution in [3.63, 3.8) is 0 Å². The van der Waals surface area contributed by atoms with Crippen LogP contribution >= 0.6 is 0 Å². The number of aromatic amines is 1. The first kappa shape index (κ1) is 17.0. The predicted octanol–water partition coefficient (Wildman–Crippen LogP) is 3.25. The third-order valence-electron chi connectivity index (χ3n) is 4.14. The minimum atomic E-state index is -0.0431. The van der Waals surface area contributed by atoms with E-state index in [1.54, 1.807) is 0 Å². The van der Waals surface area contributed by atoms with E-state index in [1.807, 2.05) is 36.5 Å². The first-order chi connectivity index (χ1) is 12.2. The molecule has 0 bridgehead atoms. The van der Waals surface area contributed by atoms with E-state index in [4.69, 9.17) is 10.5 Å². The monoisotopic (exact) mass is 337 g/mol. The second-order valence-electron chi connectivity index (χ2n) is 5.89. The zero-order valence-electron chi connectivity index (χ0n) is 14.3. The van der Waals surface area contributed by atoms with E-state index in [1.165, 1.54) is 5.56 Å². The Morgan fingerprint density at radius 3 is 2.68 bits per heavy atom. The number of aromatic nitrogens is 1. The number of H-pyrrole nitrogens is 1. The Labute approximate surface area is 147 Å². The summed E-state index contributed by atoms with van der Waals surface area (Å²) in [4.78, 5) is 15.7. The van der Waals surface area contributed by atoms with Crippen molar-refractivity contribution in [3.8, 4) is 5.75 Å². The number of carbonyl (C=O) groups excluding carboxylic acids is 1. The number of rotatable bonds is 7. The largest absolute Gasteiger partial charge is 0.492 e. The standard InChI is InChI=1S/C20H23N3O2/c1-2-14-4-3-5-18-15(13-22-20(14)18)12-19(24)23-16-6-8-17(9-7-16)25-11-10-21/h3-9,13,22H,2,10-12,21H2,1H3,(H,23,24). The number of anilines is 1. The number of hydrogen-bond acceptors (Lipinski definition) is 3. The first-order valence-electron chi connectivity index (χ1n) is 8.52. The van der Waals surface area contributed by atoms with E-state index in [0.717, 1.165) is 34.3 Å². The van der Waals surface area contributed by atoms with Crippen LogP contribution in [0.5, 0.6) is 5.75 Å². The van der Waals surface area contributed by atoms with Crippen LogP contribution in [0, 0.1) is 0 Å². The lowest BCUT2D eigenvalue weighted by atomic mass is 10.1. The van der Waals surface area contributed by atoms with E-state index in [9.17, 15) is 4.79 Å². The Kier molecular flexibility index (Phi) is 5.36. The van der Waals surface area contributed by atoms with Gasteiger partial charge in [-0.15, -0.1) is 0 Å². The highest BCUT2D eigenvalue weighted by Gasteiger charge is 2.11. The molecule has 1 heterocycles. The minimum Gasteiger partial charge on any atom is -0.492 e. The fraction of sp³-hybridized carbons (Fsp3) is 0.250. The number of amides is 1. The number of carbonyl (C=O) groups is 1. The fourth-order valence-corrected chi connectivity index (χ4v) is 2.91. The molecular formula is C20H23N3O2. The van der Waals surface area contributed by atoms with Crippen LogP contribution in [-0.2, 0) is 17.6 Å². The maximum Gasteiger partial charge on any atom is 0.228 e. The summed E-state index contributed by atoms with van der Waals surface area (Å²) in [6, 6.07) is 13.5. The molecule has 0 fully saturated rings. The highest BCUT2D eigenvalue weighted by molar-refractivity contribution is 5.96. The molecule has 1 amide bonds. The number of nitrogens with two attached hydrogens (primary N) is 1. The van der Waals surface area contributed by atoms with E-state index in [-0.39, 0.29) is 5.91 Å². The van der Waals surface area contributed by atoms with Crippen LogP contribution in [0.4, 0.5) is 5.69 Å². The molecule has 1 aromatic heterocycles. The van der Waals surface area contributed by atoms with E-state index >= 15 is 0 Å². The van der Waals surface area contributed by atoms with Crippen LogP contribution in [0.15, 0.2) is 48.7 Å². The van der Waals surface area contributed by atoms with Gasteiger partial charge < -0.3 is 20.8 Å². The van der Waals surface area contributed by atoms with Gasteiger partial charge in [0, 0.05) is 29.3 Å². The number of aryl methyl sites for hydroxylation is 1. The molecule has 5 heteroatoms. The van der Waals surface area contributed by atoms with Gasteiger partial charge in [-0.25, -0.2) is 0 Å². The zero-order valence-corrected chi connectivity index (χ0v) is 14.3. The highest BCUT2D eigenvalue weighted by atomic mass is 16.5. The van der Waals surface area contributed by atoms with Crippen LogP contribution in [0.25, 0.3) is 10.9 Å². The van der Waals surface area contributed by atoms with E-state index < -0.39 is 0 Å². The summed E-state index contributed by atoms with van der Waals surface area (Å²) in [6.45, 7) is 3.08. The summed E-state index contributed by atoms with van der Waals surface area (Å²) in [5, 5.41) is 4.03. The van der Waals surface area contributed by atoms with Gasteiger partial charge in [-0.2, -0.15) is 0 Å². The number of fused-ring (bicyclic) bond motifs is 1. The molecule has 0 spiro atoms. The van der Waals surface area contributed by atoms with Gasteiger partial charge in [-0.1, -0.05) is 25.1 Å². The van der Waals surface area contributed by atoms with Gasteiger partial charge in [-0.05, 0) is 41.8 Å². The number of benzene rings is 2. The van der Waals surface area contributed by atoms with Crippen molar-refractivity contribution < 1.29 is 9.53 Å². The van der Waals surface area contributed by atoms with Gasteiger partial charge in [0.1, 0.15) is 12.4 Å². The molecule has 0 atom stereocenters. The number of nitrogens with one attached hydrogen (secondary N) is 2. The van der Waals surface area contributed by atoms with Gasteiger partial charge in [0.2, 0.25) is 5.91 Å². The van der Waals surface area contributed by atoms with Gasteiger partial charge in [0.05, 0.1) is 6.42 Å². The van der Waals surface area contributed by atoms with Gasteiger partial charge in [-0.3, -0.25) is 4.79 Å². The van der Waals surface area contributed by atoms with Crippen molar-refractivity contribution in [2.75, 3.05) is 18.5 Å². The normalized spacial score (nSPS) is 10.8. The molecule has 0 saturated carbocycles. The lowest BCUT2D eigenvalue weighted by molar-refractivity contribution is -0.115. The predicted molar refractivity (Wildman–Crippen MR) is 101 cm³/mol. The molecule has 25 heavy (non-hydrogen) atoms. The maximum atomic E-state index is 12.4. The number of ether oxygens (including phenoxy) is 1. The molecule has 3 aromatic rings. The van der Waals surface area contributed by atoms with E-state index in [0.29, 0.717) is 19.6 Å². The van der Waals surface area contributed by atoms with Crippen LogP contribution in [0.2, 0.25) is 0 Å². The minimum absolute atomic E-state index is 0.0431. The second kappa shape index (κ2) is 7.85. The van der Waals surface area contributed by atoms with E-state index in [2.05, 4.69) is 29.4 Å². The molecule has 4 N–H and O–H groups in total. The SMILES string of the molecule is CCc1cccc2c(CC(=O)Nc3ccc(OCCN)cc3)c[nH]c12. The quantitative estimate of drug-likeness (QED) is 0.619. The summed E-state index contributed by atoms with van der Waals surface area (Å²) in [6.07, 6.45) is 3.22. The summed E-state index contributed by atoms with van der Waals surface area (Å²) in [5.74, 6) is 0.700. The third kappa shape index (κ3) is 4.00. The number of para-hydroxylation sites is 1. The molecule has 0 saturated heterocycles. The molecule has 0 aliphatic carbocycles. The van der Waals surface area contributed by atoms with Gasteiger partial charge in [0.15, 0.2) is 0 Å². The molecule has 0 unspecified atom stereocenters. The van der Waals surface area contributed by atoms with Crippen molar-refractivity contribution in [1.82, 2.24) is 4.98 Å². The number of hydrogen-bond donors (Lipinski definition) is 3. The van der Waals surface area contributed by atoms with Crippen molar-refractivity contribution in [1.29, 1.82) is 0 Å². The Morgan fingerprint density at radius 1 is 1.16 bits per heavy atom. The molecule has 130 valence electrons. The van der Waals surface area contributed by atoms with Crippen LogP contribution in [-0.4, -0.2) is 24.0 Å². The fourth-order valence-electron chi connectivity index (χ4n) is 2.91. The smallest absolute Gasteiger partial charge is 0.228 e. The van der Waals surface area contributed by atoms with Crippen molar-refractivity contribution in [2.45, 2.75) is 19.8 Å². The van der Waals surface area contributed by atoms with Crippen LogP contribution in [0.1, 0.15) is 18.1 Å². The Hall–Kier alpha value is -2.79. The molecule has 0 radical (unpaired) electrons. The first-order valence-corrected chi connectivity index (χ1v) is 8.52. The summed E-state index contributed by atoms with van der Waals surface area (Å²) >= 11 is 0. The lowest BCUT2D eigenvalue weighted by Crippen LogP contribution is -2.14. The topological polar surface area (TPSA) is 80.1 Å². The van der Waals surface area contributed by atoms with Crippen LogP contribution in [0.3, 0.4) is 0 Å².